The molecule has 0 spiro atoms. The molecule has 0 saturated heterocycles. The van der Waals surface area contributed by atoms with Crippen LogP contribution in [0.5, 0.6) is 0 Å². The van der Waals surface area contributed by atoms with Crippen LogP contribution in [0.2, 0.25) is 0 Å². The number of carboxylic acids is 1. The quantitative estimate of drug-likeness (QED) is 0.757. The first-order valence-corrected chi connectivity index (χ1v) is 6.62. The fraction of sp³-hybridized carbons (Fsp3) is 0.357. The molecule has 0 atom stereocenters. The zero-order chi connectivity index (χ0) is 15.4. The van der Waals surface area contributed by atoms with Gasteiger partial charge in [-0.25, -0.2) is 0 Å². The van der Waals surface area contributed by atoms with Gasteiger partial charge < -0.3 is 20.6 Å². The van der Waals surface area contributed by atoms with Crippen molar-refractivity contribution in [3.05, 3.63) is 23.8 Å². The number of nitrogens with zero attached hydrogens (tertiary/aromatic N) is 1. The fourth-order valence-corrected chi connectivity index (χ4v) is 2.10. The van der Waals surface area contributed by atoms with Gasteiger partial charge in [0.15, 0.2) is 0 Å². The molecule has 0 aromatic heterocycles. The number of carbonyl (C=O) groups is 3. The largest absolute Gasteiger partial charge is 0.481 e. The highest BCUT2D eigenvalue weighted by Gasteiger charge is 2.18. The lowest BCUT2D eigenvalue weighted by Gasteiger charge is -2.18. The van der Waals surface area contributed by atoms with Gasteiger partial charge in [0.05, 0.1) is 17.8 Å². The molecule has 7 nitrogen and oxygen atoms in total. The van der Waals surface area contributed by atoms with Gasteiger partial charge in [-0.05, 0) is 18.2 Å². The molecule has 1 aliphatic rings. The molecule has 7 heteroatoms. The highest BCUT2D eigenvalue weighted by Crippen LogP contribution is 2.28. The van der Waals surface area contributed by atoms with Crippen LogP contribution >= 0.6 is 0 Å². The number of anilines is 2. The van der Waals surface area contributed by atoms with Crippen molar-refractivity contribution in [1.82, 2.24) is 5.32 Å². The standard InChI is InChI=1S/C14H17N3O4/c1-17-7-5-12(18)16-10-8-9(2-3-11(10)17)14(21)15-6-4-13(19)20/h2-3,8H,4-7H2,1H3,(H,15,21)(H,16,18)(H,19,20). The summed E-state index contributed by atoms with van der Waals surface area (Å²) in [5, 5.41) is 13.8. The van der Waals surface area contributed by atoms with Gasteiger partial charge in [0, 0.05) is 32.1 Å². The Morgan fingerprint density at radius 3 is 2.90 bits per heavy atom. The van der Waals surface area contributed by atoms with Crippen LogP contribution in [-0.2, 0) is 9.59 Å². The number of rotatable bonds is 4. The summed E-state index contributed by atoms with van der Waals surface area (Å²) in [4.78, 5) is 35.9. The molecular weight excluding hydrogens is 274 g/mol. The molecule has 2 amide bonds. The third kappa shape index (κ3) is 3.71. The molecule has 1 aromatic carbocycles. The molecule has 0 fully saturated rings. The maximum absolute atomic E-state index is 11.9. The molecule has 3 N–H and O–H groups in total. The Morgan fingerprint density at radius 1 is 1.43 bits per heavy atom. The second-order valence-corrected chi connectivity index (χ2v) is 4.85. The first-order valence-electron chi connectivity index (χ1n) is 6.62. The number of carboxylic acid groups (broad SMARTS) is 1. The van der Waals surface area contributed by atoms with Crippen molar-refractivity contribution in [2.45, 2.75) is 12.8 Å². The van der Waals surface area contributed by atoms with Gasteiger partial charge in [-0.2, -0.15) is 0 Å². The number of aliphatic carboxylic acids is 1. The van der Waals surface area contributed by atoms with E-state index in [4.69, 9.17) is 5.11 Å². The van der Waals surface area contributed by atoms with Crippen LogP contribution in [0.3, 0.4) is 0 Å². The average Bonchev–Trinajstić information content (AvgIpc) is 2.57. The van der Waals surface area contributed by atoms with Gasteiger partial charge in [-0.3, -0.25) is 14.4 Å². The number of fused-ring (bicyclic) bond motifs is 1. The Bertz CT molecular complexity index is 586. The van der Waals surface area contributed by atoms with Crippen molar-refractivity contribution in [2.75, 3.05) is 30.4 Å². The lowest BCUT2D eigenvalue weighted by molar-refractivity contribution is -0.136. The summed E-state index contributed by atoms with van der Waals surface area (Å²) in [6, 6.07) is 5.03. The van der Waals surface area contributed by atoms with Crippen LogP contribution in [-0.4, -0.2) is 43.0 Å². The second-order valence-electron chi connectivity index (χ2n) is 4.85. The van der Waals surface area contributed by atoms with E-state index in [9.17, 15) is 14.4 Å². The van der Waals surface area contributed by atoms with Crippen molar-refractivity contribution < 1.29 is 19.5 Å². The van der Waals surface area contributed by atoms with E-state index in [1.807, 2.05) is 11.9 Å². The number of hydrogen-bond donors (Lipinski definition) is 3. The van der Waals surface area contributed by atoms with Gasteiger partial charge in [0.25, 0.3) is 5.91 Å². The van der Waals surface area contributed by atoms with Crippen molar-refractivity contribution in [3.8, 4) is 0 Å². The Balaban J connectivity index is 2.14. The van der Waals surface area contributed by atoms with Gasteiger partial charge >= 0.3 is 5.97 Å². The number of amides is 2. The topological polar surface area (TPSA) is 98.7 Å². The third-order valence-corrected chi connectivity index (χ3v) is 3.24. The molecule has 1 aromatic rings. The summed E-state index contributed by atoms with van der Waals surface area (Å²) in [7, 11) is 1.88. The van der Waals surface area contributed by atoms with Crippen LogP contribution in [0.15, 0.2) is 18.2 Å². The van der Waals surface area contributed by atoms with E-state index < -0.39 is 5.97 Å². The van der Waals surface area contributed by atoms with E-state index in [0.717, 1.165) is 5.69 Å². The molecule has 0 aliphatic carbocycles. The zero-order valence-electron chi connectivity index (χ0n) is 11.7. The number of nitrogens with one attached hydrogen (secondary N) is 2. The molecule has 0 unspecified atom stereocenters. The van der Waals surface area contributed by atoms with Crippen LogP contribution in [0.25, 0.3) is 0 Å². The van der Waals surface area contributed by atoms with Gasteiger partial charge in [0.2, 0.25) is 5.91 Å². The predicted octanol–water partition coefficient (Wildman–Crippen LogP) is 0.670. The molecular formula is C14H17N3O4. The van der Waals surface area contributed by atoms with Crippen molar-refractivity contribution in [3.63, 3.8) is 0 Å². The summed E-state index contributed by atoms with van der Waals surface area (Å²) in [6.07, 6.45) is 0.265. The minimum atomic E-state index is -0.967. The van der Waals surface area contributed by atoms with Gasteiger partial charge in [-0.15, -0.1) is 0 Å². The summed E-state index contributed by atoms with van der Waals surface area (Å²) >= 11 is 0. The summed E-state index contributed by atoms with van der Waals surface area (Å²) in [5.41, 5.74) is 1.82. The first kappa shape index (κ1) is 14.8. The van der Waals surface area contributed by atoms with E-state index in [-0.39, 0.29) is 24.8 Å². The Morgan fingerprint density at radius 2 is 2.19 bits per heavy atom. The highest BCUT2D eigenvalue weighted by molar-refractivity contribution is 6.00. The summed E-state index contributed by atoms with van der Waals surface area (Å²) in [5.74, 6) is -1.42. The Hall–Kier alpha value is -2.57. The van der Waals surface area contributed by atoms with Crippen molar-refractivity contribution in [2.24, 2.45) is 0 Å². The molecule has 112 valence electrons. The summed E-state index contributed by atoms with van der Waals surface area (Å²) < 4.78 is 0. The molecule has 2 rings (SSSR count). The average molecular weight is 291 g/mol. The smallest absolute Gasteiger partial charge is 0.305 e. The van der Waals surface area contributed by atoms with Crippen LogP contribution in [0.4, 0.5) is 11.4 Å². The minimum Gasteiger partial charge on any atom is -0.481 e. The van der Waals surface area contributed by atoms with Crippen molar-refractivity contribution in [1.29, 1.82) is 0 Å². The number of benzene rings is 1. The first-order chi connectivity index (χ1) is 9.97. The molecule has 1 aliphatic heterocycles. The minimum absolute atomic E-state index is 0.0670. The number of hydrogen-bond acceptors (Lipinski definition) is 4. The third-order valence-electron chi connectivity index (χ3n) is 3.24. The Labute approximate surface area is 121 Å². The maximum Gasteiger partial charge on any atom is 0.305 e. The predicted molar refractivity (Wildman–Crippen MR) is 77.5 cm³/mol. The van der Waals surface area contributed by atoms with Crippen LogP contribution in [0.1, 0.15) is 23.2 Å². The summed E-state index contributed by atoms with van der Waals surface area (Å²) in [6.45, 7) is 0.681. The van der Waals surface area contributed by atoms with Crippen LogP contribution < -0.4 is 15.5 Å². The van der Waals surface area contributed by atoms with Crippen molar-refractivity contribution >= 4 is 29.2 Å². The van der Waals surface area contributed by atoms with E-state index in [0.29, 0.717) is 24.2 Å². The van der Waals surface area contributed by atoms with E-state index >= 15 is 0 Å². The SMILES string of the molecule is CN1CCC(=O)Nc2cc(C(=O)NCCC(=O)O)ccc21. The van der Waals surface area contributed by atoms with E-state index in [1.165, 1.54) is 0 Å². The van der Waals surface area contributed by atoms with Gasteiger partial charge in [-0.1, -0.05) is 0 Å². The normalized spacial score (nSPS) is 14.0. The van der Waals surface area contributed by atoms with Gasteiger partial charge in [0.1, 0.15) is 0 Å². The zero-order valence-corrected chi connectivity index (χ0v) is 11.7. The molecule has 0 radical (unpaired) electrons. The van der Waals surface area contributed by atoms with Crippen LogP contribution in [0, 0.1) is 0 Å². The Kier molecular flexibility index (Phi) is 4.42. The number of carbonyl (C=O) groups excluding carboxylic acids is 2. The van der Waals surface area contributed by atoms with E-state index in [2.05, 4.69) is 10.6 Å². The molecule has 0 bridgehead atoms. The molecule has 21 heavy (non-hydrogen) atoms. The maximum atomic E-state index is 11.9. The fourth-order valence-electron chi connectivity index (χ4n) is 2.10. The second kappa shape index (κ2) is 6.25. The molecule has 1 heterocycles. The lowest BCUT2D eigenvalue weighted by Crippen LogP contribution is -2.26. The lowest BCUT2D eigenvalue weighted by atomic mass is 10.1. The highest BCUT2D eigenvalue weighted by atomic mass is 16.4. The monoisotopic (exact) mass is 291 g/mol. The molecule has 0 saturated carbocycles. The van der Waals surface area contributed by atoms with E-state index in [1.54, 1.807) is 18.2 Å².